The number of allylic oxidation sites excluding steroid dienone is 1. The van der Waals surface area contributed by atoms with Gasteiger partial charge in [-0.25, -0.2) is 0 Å². The van der Waals surface area contributed by atoms with Crippen LogP contribution in [-0.2, 0) is 28.7 Å². The van der Waals surface area contributed by atoms with Crippen LogP contribution in [-0.4, -0.2) is 100 Å². The van der Waals surface area contributed by atoms with Crippen LogP contribution in [0.1, 0.15) is 78.1 Å². The first kappa shape index (κ1) is 35.2. The van der Waals surface area contributed by atoms with E-state index in [2.05, 4.69) is 41.3 Å². The molecule has 3 saturated heterocycles. The number of ether oxygens (including phenoxy) is 2. The lowest BCUT2D eigenvalue weighted by Crippen LogP contribution is -2.57. The maximum absolute atomic E-state index is 14.3. The molecule has 3 heterocycles. The van der Waals surface area contributed by atoms with Crippen molar-refractivity contribution in [2.75, 3.05) is 32.8 Å². The Morgan fingerprint density at radius 1 is 1.21 bits per heavy atom. The number of nitrogens with one attached hydrogen (secondary N) is 1. The minimum absolute atomic E-state index is 0.117. The van der Waals surface area contributed by atoms with Gasteiger partial charge in [0.25, 0.3) is 0 Å². The number of aliphatic hydroxyl groups is 1. The van der Waals surface area contributed by atoms with Gasteiger partial charge in [0.15, 0.2) is 0 Å². The summed E-state index contributed by atoms with van der Waals surface area (Å²) in [6, 6.07) is -0.853. The molecule has 2 bridgehead atoms. The molecule has 0 radical (unpaired) electrons. The third-order valence-electron chi connectivity index (χ3n) is 8.77. The summed E-state index contributed by atoms with van der Waals surface area (Å²) in [6.07, 6.45) is 9.28. The predicted molar refractivity (Wildman–Crippen MR) is 167 cm³/mol. The molecule has 3 rings (SSSR count). The Morgan fingerprint density at radius 3 is 2.63 bits per heavy atom. The van der Waals surface area contributed by atoms with Gasteiger partial charge in [0.2, 0.25) is 17.7 Å². The van der Waals surface area contributed by atoms with E-state index < -0.39 is 41.7 Å². The zero-order valence-corrected chi connectivity index (χ0v) is 27.4. The lowest BCUT2D eigenvalue weighted by atomic mass is 9.70. The van der Waals surface area contributed by atoms with E-state index >= 15 is 0 Å². The second kappa shape index (κ2) is 16.7. The summed E-state index contributed by atoms with van der Waals surface area (Å²) >= 11 is 3.70. The molecule has 10 nitrogen and oxygen atoms in total. The van der Waals surface area contributed by atoms with Gasteiger partial charge in [0, 0.05) is 37.5 Å². The zero-order valence-electron chi connectivity index (χ0n) is 25.8. The minimum atomic E-state index is -1.14. The van der Waals surface area contributed by atoms with Crippen LogP contribution >= 0.6 is 15.9 Å². The predicted octanol–water partition coefficient (Wildman–Crippen LogP) is 3.51. The molecule has 7 atom stereocenters. The number of amides is 3. The largest absolute Gasteiger partial charge is 0.460 e. The molecule has 0 saturated carbocycles. The monoisotopic (exact) mass is 667 g/mol. The highest BCUT2D eigenvalue weighted by Gasteiger charge is 2.77. The van der Waals surface area contributed by atoms with E-state index in [1.807, 2.05) is 0 Å². The fourth-order valence-corrected chi connectivity index (χ4v) is 7.68. The molecule has 43 heavy (non-hydrogen) atoms. The number of hydrogen-bond donors (Lipinski definition) is 2. The first-order valence-electron chi connectivity index (χ1n) is 15.9. The highest BCUT2D eigenvalue weighted by molar-refractivity contribution is 9.09. The quantitative estimate of drug-likeness (QED) is 0.0881. The van der Waals surface area contributed by atoms with Crippen LogP contribution in [0.4, 0.5) is 0 Å². The van der Waals surface area contributed by atoms with Gasteiger partial charge >= 0.3 is 5.97 Å². The molecular weight excluding hydrogens is 618 g/mol. The first-order valence-corrected chi connectivity index (χ1v) is 16.8. The number of hydrogen-bond acceptors (Lipinski definition) is 7. The lowest BCUT2D eigenvalue weighted by Gasteiger charge is -2.37. The Bertz CT molecular complexity index is 1010. The third-order valence-corrected chi connectivity index (χ3v) is 9.62. The van der Waals surface area contributed by atoms with Crippen molar-refractivity contribution < 1.29 is 33.8 Å². The highest BCUT2D eigenvalue weighted by atomic mass is 79.9. The number of fused-ring (bicyclic) bond motifs is 1. The van der Waals surface area contributed by atoms with E-state index in [-0.39, 0.29) is 35.7 Å². The van der Waals surface area contributed by atoms with Crippen LogP contribution in [0.25, 0.3) is 0 Å². The van der Waals surface area contributed by atoms with Gasteiger partial charge in [-0.2, -0.15) is 0 Å². The van der Waals surface area contributed by atoms with Crippen molar-refractivity contribution in [2.24, 2.45) is 11.8 Å². The topological polar surface area (TPSA) is 125 Å². The van der Waals surface area contributed by atoms with Gasteiger partial charge in [-0.05, 0) is 39.0 Å². The lowest BCUT2D eigenvalue weighted by molar-refractivity contribution is -0.159. The molecule has 11 heteroatoms. The number of nitrogens with zero attached hydrogens (tertiary/aromatic N) is 2. The molecule has 1 spiro atoms. The molecule has 2 N–H and O–H groups in total. The van der Waals surface area contributed by atoms with Gasteiger partial charge in [0.1, 0.15) is 17.7 Å². The van der Waals surface area contributed by atoms with Crippen molar-refractivity contribution in [3.8, 4) is 0 Å². The Morgan fingerprint density at radius 2 is 1.95 bits per heavy atom. The number of esters is 1. The third kappa shape index (κ3) is 8.08. The molecule has 3 amide bonds. The van der Waals surface area contributed by atoms with Crippen molar-refractivity contribution >= 4 is 39.6 Å². The summed E-state index contributed by atoms with van der Waals surface area (Å²) < 4.78 is 12.4. The van der Waals surface area contributed by atoms with E-state index in [4.69, 9.17) is 14.6 Å². The summed E-state index contributed by atoms with van der Waals surface area (Å²) in [5.41, 5.74) is -1.14. The SMILES string of the molecule is C=CCCC(=O)NC[C@@H](C)OC(=O)[C@@H]1[C@H]2O[C@@]3(CC2Br)[C@H](C(=O)N(CC=C)CCCCC)N(CCCCCCO)C(=O)[C@@H]13. The van der Waals surface area contributed by atoms with Crippen molar-refractivity contribution in [3.63, 3.8) is 0 Å². The molecule has 0 aromatic carbocycles. The number of alkyl halides is 1. The number of halogens is 1. The molecule has 3 aliphatic rings. The van der Waals surface area contributed by atoms with Crippen LogP contribution in [0.2, 0.25) is 0 Å². The van der Waals surface area contributed by atoms with Crippen LogP contribution in [0.3, 0.4) is 0 Å². The van der Waals surface area contributed by atoms with Crippen molar-refractivity contribution in [1.29, 1.82) is 0 Å². The first-order chi connectivity index (χ1) is 20.7. The number of aliphatic hydroxyl groups excluding tert-OH is 1. The summed E-state index contributed by atoms with van der Waals surface area (Å²) in [6.45, 7) is 12.8. The second-order valence-corrected chi connectivity index (χ2v) is 13.2. The molecule has 0 aliphatic carbocycles. The smallest absolute Gasteiger partial charge is 0.312 e. The van der Waals surface area contributed by atoms with E-state index in [0.717, 1.165) is 32.1 Å². The van der Waals surface area contributed by atoms with Crippen molar-refractivity contribution in [3.05, 3.63) is 25.3 Å². The summed E-state index contributed by atoms with van der Waals surface area (Å²) in [7, 11) is 0. The minimum Gasteiger partial charge on any atom is -0.460 e. The zero-order chi connectivity index (χ0) is 31.6. The number of rotatable bonds is 20. The molecule has 0 aromatic heterocycles. The molecule has 3 aliphatic heterocycles. The van der Waals surface area contributed by atoms with Crippen molar-refractivity contribution in [2.45, 2.75) is 107 Å². The van der Waals surface area contributed by atoms with E-state index in [1.165, 1.54) is 0 Å². The van der Waals surface area contributed by atoms with Crippen LogP contribution in [0, 0.1) is 11.8 Å². The van der Waals surface area contributed by atoms with Crippen LogP contribution in [0.15, 0.2) is 25.3 Å². The molecule has 1 unspecified atom stereocenters. The van der Waals surface area contributed by atoms with Gasteiger partial charge in [0.05, 0.1) is 24.5 Å². The molecular formula is C32H50BrN3O7. The summed E-state index contributed by atoms with van der Waals surface area (Å²) in [4.78, 5) is 57.4. The normalized spacial score (nSPS) is 28.0. The highest BCUT2D eigenvalue weighted by Crippen LogP contribution is 2.60. The van der Waals surface area contributed by atoms with E-state index in [9.17, 15) is 19.2 Å². The fourth-order valence-electron chi connectivity index (χ4n) is 6.74. The maximum Gasteiger partial charge on any atom is 0.312 e. The molecule has 3 fully saturated rings. The Balaban J connectivity index is 1.85. The van der Waals surface area contributed by atoms with Crippen LogP contribution < -0.4 is 5.32 Å². The van der Waals surface area contributed by atoms with Gasteiger partial charge in [-0.1, -0.05) is 60.7 Å². The standard InChI is InChI=1S/C32H50BrN3O7/c1-5-8-12-17-35(16-7-3)30(40)28-32-20-23(33)27(43-32)25(26(32)29(39)36(28)18-13-10-11-14-19-37)31(41)42-22(4)21-34-24(38)15-9-6-2/h6-7,22-23,25-28,37H,2-3,5,8-21H2,1,4H3,(H,34,38)/t22-,23?,25+,26-,27+,28+,32-/m1/s1. The van der Waals surface area contributed by atoms with Gasteiger partial charge in [-0.3, -0.25) is 19.2 Å². The fraction of sp³-hybridized carbons (Fsp3) is 0.750. The van der Waals surface area contributed by atoms with Gasteiger partial charge in [-0.15, -0.1) is 13.2 Å². The summed E-state index contributed by atoms with van der Waals surface area (Å²) in [5.74, 6) is -2.83. The Labute approximate surface area is 264 Å². The van der Waals surface area contributed by atoms with Crippen molar-refractivity contribution in [1.82, 2.24) is 15.1 Å². The van der Waals surface area contributed by atoms with E-state index in [1.54, 1.807) is 28.9 Å². The van der Waals surface area contributed by atoms with Gasteiger partial charge < -0.3 is 29.7 Å². The Hall–Kier alpha value is -2.24. The number of carbonyl (C=O) groups is 4. The average Bonchev–Trinajstić information content (AvgIpc) is 3.57. The summed E-state index contributed by atoms with van der Waals surface area (Å²) in [5, 5.41) is 11.9. The number of unbranched alkanes of at least 4 members (excludes halogenated alkanes) is 5. The number of carbonyl (C=O) groups excluding carboxylic acids is 4. The average molecular weight is 669 g/mol. The van der Waals surface area contributed by atoms with Crippen LogP contribution in [0.5, 0.6) is 0 Å². The maximum atomic E-state index is 14.3. The van der Waals surface area contributed by atoms with E-state index in [0.29, 0.717) is 51.7 Å². The molecule has 242 valence electrons. The molecule has 0 aromatic rings. The second-order valence-electron chi connectivity index (χ2n) is 12.0. The number of likely N-dealkylation sites (tertiary alicyclic amines) is 1. The Kier molecular flexibility index (Phi) is 13.7.